The van der Waals surface area contributed by atoms with Crippen LogP contribution in [0, 0.1) is 6.92 Å². The van der Waals surface area contributed by atoms with Crippen LogP contribution in [-0.4, -0.2) is 12.6 Å². The summed E-state index contributed by atoms with van der Waals surface area (Å²) in [6.45, 7) is 2.53. The predicted octanol–water partition coefficient (Wildman–Crippen LogP) is 5.67. The van der Waals surface area contributed by atoms with Crippen LogP contribution in [0.2, 0.25) is 0 Å². The molecule has 28 heavy (non-hydrogen) atoms. The Morgan fingerprint density at radius 1 is 0.821 bits per heavy atom. The smallest absolute Gasteiger partial charge is 0.339 e. The zero-order valence-corrected chi connectivity index (χ0v) is 15.7. The summed E-state index contributed by atoms with van der Waals surface area (Å²) in [7, 11) is 0. The zero-order valence-electron chi connectivity index (χ0n) is 15.7. The van der Waals surface area contributed by atoms with Crippen LogP contribution < -0.4 is 0 Å². The maximum atomic E-state index is 12.7. The normalized spacial score (nSPS) is 15.2. The van der Waals surface area contributed by atoms with E-state index in [0.29, 0.717) is 6.61 Å². The topological polar surface area (TPSA) is 26.3 Å². The van der Waals surface area contributed by atoms with Crippen molar-refractivity contribution in [2.24, 2.45) is 0 Å². The van der Waals surface area contributed by atoms with Crippen molar-refractivity contribution in [3.63, 3.8) is 0 Å². The number of carbonyl (C=O) groups is 1. The maximum absolute atomic E-state index is 12.7. The number of allylic oxidation sites excluding steroid dienone is 1. The summed E-state index contributed by atoms with van der Waals surface area (Å²) in [5.74, 6) is -0.207. The Balaban J connectivity index is 1.91. The molecule has 2 aliphatic rings. The third-order valence-electron chi connectivity index (χ3n) is 5.48. The van der Waals surface area contributed by atoms with Gasteiger partial charge in [-0.1, -0.05) is 84.4 Å². The van der Waals surface area contributed by atoms with Gasteiger partial charge in [-0.3, -0.25) is 0 Å². The van der Waals surface area contributed by atoms with Crippen molar-refractivity contribution in [1.29, 1.82) is 0 Å². The quantitative estimate of drug-likeness (QED) is 0.548. The van der Waals surface area contributed by atoms with E-state index in [1.165, 1.54) is 16.7 Å². The van der Waals surface area contributed by atoms with Crippen molar-refractivity contribution < 1.29 is 9.53 Å². The molecule has 136 valence electrons. The molecule has 0 saturated heterocycles. The Hall–Kier alpha value is -3.39. The summed E-state index contributed by atoms with van der Waals surface area (Å²) in [5, 5.41) is 0. The van der Waals surface area contributed by atoms with Gasteiger partial charge in [0.15, 0.2) is 0 Å². The van der Waals surface area contributed by atoms with Gasteiger partial charge in [0.05, 0.1) is 12.2 Å². The second-order valence-corrected chi connectivity index (χ2v) is 7.27. The lowest BCUT2D eigenvalue weighted by Crippen LogP contribution is -2.14. The molecule has 0 amide bonds. The first-order valence-corrected chi connectivity index (χ1v) is 9.61. The SMILES string of the molecule is Cc1ccc2c(c1)C(=C(c1ccccc1)c1ccccc1)C1=C2C(=O)OCC1. The van der Waals surface area contributed by atoms with Crippen LogP contribution in [0.3, 0.4) is 0 Å². The third kappa shape index (κ3) is 2.61. The fourth-order valence-electron chi connectivity index (χ4n) is 4.28. The fourth-order valence-corrected chi connectivity index (χ4v) is 4.28. The Morgan fingerprint density at radius 2 is 1.46 bits per heavy atom. The third-order valence-corrected chi connectivity index (χ3v) is 5.48. The van der Waals surface area contributed by atoms with Crippen LogP contribution in [0.25, 0.3) is 16.7 Å². The van der Waals surface area contributed by atoms with Crippen molar-refractivity contribution in [1.82, 2.24) is 0 Å². The van der Waals surface area contributed by atoms with Gasteiger partial charge in [0.2, 0.25) is 0 Å². The van der Waals surface area contributed by atoms with Crippen LogP contribution in [-0.2, 0) is 9.53 Å². The monoisotopic (exact) mass is 364 g/mol. The zero-order chi connectivity index (χ0) is 19.1. The summed E-state index contributed by atoms with van der Waals surface area (Å²) < 4.78 is 5.40. The first-order chi connectivity index (χ1) is 13.7. The number of rotatable bonds is 2. The highest BCUT2D eigenvalue weighted by Gasteiger charge is 2.36. The molecule has 0 fully saturated rings. The molecule has 1 aliphatic heterocycles. The molecule has 2 nitrogen and oxygen atoms in total. The van der Waals surface area contributed by atoms with Gasteiger partial charge in [0.1, 0.15) is 0 Å². The number of hydrogen-bond donors (Lipinski definition) is 0. The van der Waals surface area contributed by atoms with Gasteiger partial charge >= 0.3 is 5.97 Å². The minimum absolute atomic E-state index is 0.207. The summed E-state index contributed by atoms with van der Waals surface area (Å²) >= 11 is 0. The van der Waals surface area contributed by atoms with Gasteiger partial charge in [-0.05, 0) is 45.9 Å². The van der Waals surface area contributed by atoms with Crippen molar-refractivity contribution in [3.05, 3.63) is 112 Å². The highest BCUT2D eigenvalue weighted by atomic mass is 16.5. The molecule has 1 aliphatic carbocycles. The number of cyclic esters (lactones) is 1. The molecule has 0 radical (unpaired) electrons. The van der Waals surface area contributed by atoms with Crippen LogP contribution in [0.4, 0.5) is 0 Å². The molecule has 0 atom stereocenters. The molecular formula is C26H20O2. The van der Waals surface area contributed by atoms with Crippen LogP contribution in [0.15, 0.2) is 84.4 Å². The lowest BCUT2D eigenvalue weighted by molar-refractivity contribution is -0.137. The molecule has 1 heterocycles. The molecule has 0 aromatic heterocycles. The number of ether oxygens (including phenoxy) is 1. The van der Waals surface area contributed by atoms with Crippen LogP contribution in [0.5, 0.6) is 0 Å². The van der Waals surface area contributed by atoms with E-state index >= 15 is 0 Å². The number of benzene rings is 3. The summed E-state index contributed by atoms with van der Waals surface area (Å²) in [6, 6.07) is 27.2. The van der Waals surface area contributed by atoms with E-state index in [-0.39, 0.29) is 5.97 Å². The molecule has 0 saturated carbocycles. The van der Waals surface area contributed by atoms with E-state index in [4.69, 9.17) is 4.74 Å². The van der Waals surface area contributed by atoms with E-state index in [1.807, 2.05) is 12.1 Å². The summed E-state index contributed by atoms with van der Waals surface area (Å²) in [4.78, 5) is 12.7. The molecule has 3 aromatic carbocycles. The van der Waals surface area contributed by atoms with E-state index < -0.39 is 0 Å². The van der Waals surface area contributed by atoms with E-state index in [1.54, 1.807) is 0 Å². The average Bonchev–Trinajstić information content (AvgIpc) is 3.05. The summed E-state index contributed by atoms with van der Waals surface area (Å²) in [5.41, 5.74) is 9.81. The molecule has 5 rings (SSSR count). The van der Waals surface area contributed by atoms with Crippen LogP contribution >= 0.6 is 0 Å². The van der Waals surface area contributed by atoms with Gasteiger partial charge < -0.3 is 4.74 Å². The number of aryl methyl sites for hydroxylation is 1. The Labute approximate surface area is 164 Å². The number of fused-ring (bicyclic) bond motifs is 2. The Kier molecular flexibility index (Phi) is 3.98. The van der Waals surface area contributed by atoms with Gasteiger partial charge in [-0.15, -0.1) is 0 Å². The second kappa shape index (κ2) is 6.65. The van der Waals surface area contributed by atoms with Gasteiger partial charge in [-0.25, -0.2) is 4.79 Å². The highest BCUT2D eigenvalue weighted by molar-refractivity contribution is 6.28. The van der Waals surface area contributed by atoms with Crippen molar-refractivity contribution in [2.45, 2.75) is 13.3 Å². The lowest BCUT2D eigenvalue weighted by atomic mass is 9.86. The highest BCUT2D eigenvalue weighted by Crippen LogP contribution is 2.49. The van der Waals surface area contributed by atoms with Crippen LogP contribution in [0.1, 0.15) is 34.2 Å². The fraction of sp³-hybridized carbons (Fsp3) is 0.115. The molecule has 0 spiro atoms. The van der Waals surface area contributed by atoms with Gasteiger partial charge in [-0.2, -0.15) is 0 Å². The summed E-state index contributed by atoms with van der Waals surface area (Å²) in [6.07, 6.45) is 0.743. The molecule has 3 aromatic rings. The van der Waals surface area contributed by atoms with Crippen molar-refractivity contribution in [3.8, 4) is 0 Å². The molecule has 0 unspecified atom stereocenters. The van der Waals surface area contributed by atoms with Crippen molar-refractivity contribution >= 4 is 22.7 Å². The lowest BCUT2D eigenvalue weighted by Gasteiger charge is -2.19. The van der Waals surface area contributed by atoms with Gasteiger partial charge in [0.25, 0.3) is 0 Å². The first kappa shape index (κ1) is 16.8. The standard InChI is InChI=1S/C26H20O2/c1-17-12-13-20-22(16-17)24(21-14-15-28-26(27)25(20)21)23(18-8-4-2-5-9-18)19-10-6-3-7-11-19/h2-13,16H,14-15H2,1H3. The van der Waals surface area contributed by atoms with E-state index in [2.05, 4.69) is 73.7 Å². The molecule has 0 N–H and O–H groups in total. The minimum Gasteiger partial charge on any atom is -0.462 e. The van der Waals surface area contributed by atoms with Gasteiger partial charge in [0, 0.05) is 6.42 Å². The first-order valence-electron chi connectivity index (χ1n) is 9.61. The predicted molar refractivity (Wildman–Crippen MR) is 112 cm³/mol. The van der Waals surface area contributed by atoms with Crippen molar-refractivity contribution in [2.75, 3.05) is 6.61 Å². The molecule has 0 bridgehead atoms. The number of esters is 1. The van der Waals surface area contributed by atoms with E-state index in [9.17, 15) is 4.79 Å². The second-order valence-electron chi connectivity index (χ2n) is 7.27. The number of hydrogen-bond acceptors (Lipinski definition) is 2. The average molecular weight is 364 g/mol. The minimum atomic E-state index is -0.207. The number of carbonyl (C=O) groups excluding carboxylic acids is 1. The largest absolute Gasteiger partial charge is 0.462 e. The Bertz CT molecular complexity index is 1090. The molecule has 2 heteroatoms. The molecular weight excluding hydrogens is 344 g/mol. The maximum Gasteiger partial charge on any atom is 0.339 e. The Morgan fingerprint density at radius 3 is 2.11 bits per heavy atom. The van der Waals surface area contributed by atoms with E-state index in [0.717, 1.165) is 39.8 Å².